The number of halogens is 3. The molecule has 0 bridgehead atoms. The molecule has 0 aromatic heterocycles. The van der Waals surface area contributed by atoms with Crippen LogP contribution in [0.5, 0.6) is 0 Å². The van der Waals surface area contributed by atoms with Gasteiger partial charge < -0.3 is 15.9 Å². The van der Waals surface area contributed by atoms with Crippen LogP contribution in [0.1, 0.15) is 28.3 Å². The van der Waals surface area contributed by atoms with Gasteiger partial charge in [-0.05, 0) is 63.9 Å². The Morgan fingerprint density at radius 2 is 1.80 bits per heavy atom. The summed E-state index contributed by atoms with van der Waals surface area (Å²) in [6, 6.07) is 7.83. The zero-order valence-corrected chi connectivity index (χ0v) is 15.9. The second-order valence-electron chi connectivity index (χ2n) is 5.43. The molecule has 8 heteroatoms. The molecule has 1 atom stereocenters. The number of carboxylic acids is 2. The minimum Gasteiger partial charge on any atom is -0.481 e. The first kappa shape index (κ1) is 19.7. The molecule has 0 aliphatic rings. The monoisotopic (exact) mass is 445 g/mol. The van der Waals surface area contributed by atoms with Crippen molar-refractivity contribution in [1.82, 2.24) is 0 Å². The normalized spacial score (nSPS) is 12.0. The summed E-state index contributed by atoms with van der Waals surface area (Å²) in [5.74, 6) is -2.47. The van der Waals surface area contributed by atoms with Crippen LogP contribution in [-0.4, -0.2) is 28.7 Å². The zero-order valence-electron chi connectivity index (χ0n) is 12.8. The number of aliphatic carboxylic acids is 1. The minimum absolute atomic E-state index is 0.0287. The van der Waals surface area contributed by atoms with E-state index in [-0.39, 0.29) is 23.6 Å². The smallest absolute Gasteiger partial charge is 0.335 e. The quantitative estimate of drug-likeness (QED) is 0.600. The second kappa shape index (κ2) is 8.19. The van der Waals surface area contributed by atoms with Gasteiger partial charge in [-0.1, -0.05) is 23.2 Å². The Morgan fingerprint density at radius 1 is 1.12 bits per heavy atom. The summed E-state index contributed by atoms with van der Waals surface area (Å²) in [4.78, 5) is 22.3. The number of hydrogen-bond acceptors (Lipinski definition) is 3. The number of nitrogens with two attached hydrogens (primary N) is 1. The fraction of sp³-hybridized carbons (Fsp3) is 0.176. The number of benzene rings is 2. The van der Waals surface area contributed by atoms with Crippen LogP contribution >= 0.6 is 39.1 Å². The molecular formula is C17H14BrCl2NO4. The van der Waals surface area contributed by atoms with Crippen LogP contribution in [-0.2, 0) is 4.79 Å². The summed E-state index contributed by atoms with van der Waals surface area (Å²) in [6.07, 6.45) is -0.125. The van der Waals surface area contributed by atoms with Gasteiger partial charge in [0.25, 0.3) is 0 Å². The molecule has 132 valence electrons. The highest BCUT2D eigenvalue weighted by Crippen LogP contribution is 2.38. The van der Waals surface area contributed by atoms with Crippen molar-refractivity contribution in [2.75, 3.05) is 6.54 Å². The highest BCUT2D eigenvalue weighted by Gasteiger charge is 2.19. The molecule has 0 amide bonds. The fourth-order valence-electron chi connectivity index (χ4n) is 2.47. The standard InChI is InChI=1S/C17H14BrCl2NO4/c18-14-5-8(11(7-21)6-15(22)23)4-13(16(14)20)9-1-10(17(24)25)3-12(19)2-9/h1-5,11H,6-7,21H2,(H,22,23)(H,24,25). The summed E-state index contributed by atoms with van der Waals surface area (Å²) in [5.41, 5.74) is 7.48. The van der Waals surface area contributed by atoms with Gasteiger partial charge >= 0.3 is 11.9 Å². The molecule has 0 saturated heterocycles. The van der Waals surface area contributed by atoms with E-state index < -0.39 is 17.9 Å². The Kier molecular flexibility index (Phi) is 6.46. The SMILES string of the molecule is NCC(CC(=O)O)c1cc(Br)c(Cl)c(-c2cc(Cl)cc(C(=O)O)c2)c1. The van der Waals surface area contributed by atoms with Gasteiger partial charge in [-0.3, -0.25) is 4.79 Å². The number of aromatic carboxylic acids is 1. The molecule has 0 heterocycles. The molecule has 0 aliphatic carbocycles. The lowest BCUT2D eigenvalue weighted by atomic mass is 9.92. The first-order valence-electron chi connectivity index (χ1n) is 7.18. The number of rotatable bonds is 6. The molecule has 0 radical (unpaired) electrons. The van der Waals surface area contributed by atoms with Crippen molar-refractivity contribution >= 4 is 51.1 Å². The average molecular weight is 447 g/mol. The lowest BCUT2D eigenvalue weighted by Crippen LogP contribution is -2.16. The van der Waals surface area contributed by atoms with Crippen LogP contribution in [0.3, 0.4) is 0 Å². The summed E-state index contributed by atoms with van der Waals surface area (Å²) in [6.45, 7) is 0.149. The van der Waals surface area contributed by atoms with E-state index >= 15 is 0 Å². The van der Waals surface area contributed by atoms with Crippen LogP contribution < -0.4 is 5.73 Å². The maximum Gasteiger partial charge on any atom is 0.335 e. The highest BCUT2D eigenvalue weighted by atomic mass is 79.9. The van der Waals surface area contributed by atoms with Crippen LogP contribution in [0, 0.1) is 0 Å². The average Bonchev–Trinajstić information content (AvgIpc) is 2.54. The molecule has 0 fully saturated rings. The van der Waals surface area contributed by atoms with Gasteiger partial charge in [0.05, 0.1) is 17.0 Å². The van der Waals surface area contributed by atoms with E-state index in [0.29, 0.717) is 26.2 Å². The maximum atomic E-state index is 11.2. The van der Waals surface area contributed by atoms with Gasteiger partial charge in [-0.15, -0.1) is 0 Å². The van der Waals surface area contributed by atoms with E-state index in [2.05, 4.69) is 15.9 Å². The Morgan fingerprint density at radius 3 is 2.36 bits per heavy atom. The number of carboxylic acid groups (broad SMARTS) is 2. The van der Waals surface area contributed by atoms with Crippen LogP contribution in [0.15, 0.2) is 34.8 Å². The first-order valence-corrected chi connectivity index (χ1v) is 8.73. The maximum absolute atomic E-state index is 11.2. The summed E-state index contributed by atoms with van der Waals surface area (Å²) >= 11 is 15.7. The molecule has 4 N–H and O–H groups in total. The Labute approximate surface area is 162 Å². The summed E-state index contributed by atoms with van der Waals surface area (Å²) in [7, 11) is 0. The Bertz CT molecular complexity index is 842. The Hall–Kier alpha value is -1.60. The highest BCUT2D eigenvalue weighted by molar-refractivity contribution is 9.10. The van der Waals surface area contributed by atoms with Gasteiger partial charge in [-0.25, -0.2) is 4.79 Å². The molecule has 25 heavy (non-hydrogen) atoms. The topological polar surface area (TPSA) is 101 Å². The van der Waals surface area contributed by atoms with Gasteiger partial charge in [0.15, 0.2) is 0 Å². The van der Waals surface area contributed by atoms with Crippen molar-refractivity contribution in [2.45, 2.75) is 12.3 Å². The van der Waals surface area contributed by atoms with Gasteiger partial charge in [0, 0.05) is 21.0 Å². The first-order chi connectivity index (χ1) is 11.7. The minimum atomic E-state index is -1.11. The second-order valence-corrected chi connectivity index (χ2v) is 7.10. The van der Waals surface area contributed by atoms with E-state index in [9.17, 15) is 14.7 Å². The van der Waals surface area contributed by atoms with Crippen molar-refractivity contribution < 1.29 is 19.8 Å². The molecule has 2 aromatic carbocycles. The predicted molar refractivity (Wildman–Crippen MR) is 101 cm³/mol. The van der Waals surface area contributed by atoms with Crippen molar-refractivity contribution in [3.05, 3.63) is 56.0 Å². The fourth-order valence-corrected chi connectivity index (χ4v) is 3.40. The number of hydrogen-bond donors (Lipinski definition) is 3. The van der Waals surface area contributed by atoms with E-state index in [1.165, 1.54) is 12.1 Å². The lowest BCUT2D eigenvalue weighted by Gasteiger charge is -2.17. The van der Waals surface area contributed by atoms with Crippen molar-refractivity contribution in [2.24, 2.45) is 5.73 Å². The molecule has 0 spiro atoms. The van der Waals surface area contributed by atoms with Crippen LogP contribution in [0.25, 0.3) is 11.1 Å². The van der Waals surface area contributed by atoms with Crippen LogP contribution in [0.4, 0.5) is 0 Å². The van der Waals surface area contributed by atoms with E-state index in [1.54, 1.807) is 18.2 Å². The molecule has 1 unspecified atom stereocenters. The molecule has 0 aliphatic heterocycles. The molecule has 2 aromatic rings. The third-order valence-corrected chi connectivity index (χ3v) is 5.16. The summed E-state index contributed by atoms with van der Waals surface area (Å²) in [5, 5.41) is 18.9. The van der Waals surface area contributed by atoms with E-state index in [4.69, 9.17) is 34.0 Å². The third-order valence-electron chi connectivity index (χ3n) is 3.68. The molecule has 0 saturated carbocycles. The Balaban J connectivity index is 2.62. The molecule has 5 nitrogen and oxygen atoms in total. The predicted octanol–water partition coefficient (Wildman–Crippen LogP) is 4.64. The summed E-state index contributed by atoms with van der Waals surface area (Å²) < 4.78 is 0.558. The van der Waals surface area contributed by atoms with Gasteiger partial charge in [-0.2, -0.15) is 0 Å². The van der Waals surface area contributed by atoms with Crippen molar-refractivity contribution in [3.63, 3.8) is 0 Å². The van der Waals surface area contributed by atoms with Crippen molar-refractivity contribution in [3.8, 4) is 11.1 Å². The lowest BCUT2D eigenvalue weighted by molar-refractivity contribution is -0.137. The molecular weight excluding hydrogens is 433 g/mol. The zero-order chi connectivity index (χ0) is 18.7. The number of carbonyl (C=O) groups is 2. The van der Waals surface area contributed by atoms with Gasteiger partial charge in [0.1, 0.15) is 0 Å². The van der Waals surface area contributed by atoms with E-state index in [0.717, 1.165) is 0 Å². The van der Waals surface area contributed by atoms with E-state index in [1.807, 2.05) is 0 Å². The third kappa shape index (κ3) is 4.73. The van der Waals surface area contributed by atoms with Gasteiger partial charge in [0.2, 0.25) is 0 Å². The molecule has 2 rings (SSSR count). The van der Waals surface area contributed by atoms with Crippen LogP contribution in [0.2, 0.25) is 10.0 Å². The van der Waals surface area contributed by atoms with Crippen molar-refractivity contribution in [1.29, 1.82) is 0 Å². The largest absolute Gasteiger partial charge is 0.481 e.